The number of amides is 1. The lowest BCUT2D eigenvalue weighted by molar-refractivity contribution is -0.117. The molecule has 0 fully saturated rings. The first-order chi connectivity index (χ1) is 8.35. The smallest absolute Gasteiger partial charge is 0.226 e. The van der Waals surface area contributed by atoms with E-state index in [-0.39, 0.29) is 11.3 Å². The molecule has 5 heteroatoms. The molecule has 0 aliphatic rings. The Morgan fingerprint density at radius 2 is 2.17 bits per heavy atom. The second-order valence-corrected chi connectivity index (χ2v) is 6.37. The summed E-state index contributed by atoms with van der Waals surface area (Å²) in [6.45, 7) is 6.06. The van der Waals surface area contributed by atoms with Crippen LogP contribution in [-0.2, 0) is 4.79 Å². The van der Waals surface area contributed by atoms with Gasteiger partial charge < -0.3 is 9.84 Å². The molecule has 0 aliphatic carbocycles. The van der Waals surface area contributed by atoms with Crippen LogP contribution >= 0.6 is 15.9 Å². The third-order valence-electron chi connectivity index (χ3n) is 2.38. The van der Waals surface area contributed by atoms with Gasteiger partial charge in [-0.05, 0) is 23.6 Å². The molecule has 0 atom stereocenters. The standard InChI is InChI=1S/C13H15BrN2O2/c1-13(2,3)7-11(17)15-12-9-5-4-8(14)6-10(9)18-16-12/h4-6H,7H2,1-3H3,(H,15,16,17). The van der Waals surface area contributed by atoms with Gasteiger partial charge in [0, 0.05) is 10.9 Å². The van der Waals surface area contributed by atoms with Crippen molar-refractivity contribution in [3.8, 4) is 0 Å². The third-order valence-corrected chi connectivity index (χ3v) is 2.88. The summed E-state index contributed by atoms with van der Waals surface area (Å²) >= 11 is 3.36. The summed E-state index contributed by atoms with van der Waals surface area (Å²) in [5, 5.41) is 7.47. The highest BCUT2D eigenvalue weighted by molar-refractivity contribution is 9.10. The highest BCUT2D eigenvalue weighted by atomic mass is 79.9. The number of nitrogens with zero attached hydrogens (tertiary/aromatic N) is 1. The molecule has 1 aromatic carbocycles. The van der Waals surface area contributed by atoms with Gasteiger partial charge in [-0.3, -0.25) is 4.79 Å². The predicted octanol–water partition coefficient (Wildman–Crippen LogP) is 3.97. The molecule has 0 aliphatic heterocycles. The Bertz CT molecular complexity index is 584. The molecule has 0 saturated heterocycles. The predicted molar refractivity (Wildman–Crippen MR) is 74.4 cm³/mol. The number of hydrogen-bond acceptors (Lipinski definition) is 3. The van der Waals surface area contributed by atoms with E-state index in [1.807, 2.05) is 39.0 Å². The second kappa shape index (κ2) is 4.72. The number of nitrogens with one attached hydrogen (secondary N) is 1. The van der Waals surface area contributed by atoms with Crippen LogP contribution < -0.4 is 5.32 Å². The number of benzene rings is 1. The van der Waals surface area contributed by atoms with Crippen molar-refractivity contribution in [2.45, 2.75) is 27.2 Å². The zero-order valence-corrected chi connectivity index (χ0v) is 12.2. The largest absolute Gasteiger partial charge is 0.354 e. The number of fused-ring (bicyclic) bond motifs is 1. The van der Waals surface area contributed by atoms with Crippen LogP contribution in [0.1, 0.15) is 27.2 Å². The Kier molecular flexibility index (Phi) is 3.43. The van der Waals surface area contributed by atoms with Gasteiger partial charge in [-0.1, -0.05) is 41.9 Å². The Labute approximate surface area is 114 Å². The van der Waals surface area contributed by atoms with Gasteiger partial charge in [-0.25, -0.2) is 0 Å². The quantitative estimate of drug-likeness (QED) is 0.913. The van der Waals surface area contributed by atoms with Gasteiger partial charge in [0.2, 0.25) is 5.91 Å². The molecule has 2 rings (SSSR count). The SMILES string of the molecule is CC(C)(C)CC(=O)Nc1noc2cc(Br)ccc12. The van der Waals surface area contributed by atoms with Crippen molar-refractivity contribution in [2.75, 3.05) is 5.32 Å². The molecule has 4 nitrogen and oxygen atoms in total. The number of hydrogen-bond donors (Lipinski definition) is 1. The van der Waals surface area contributed by atoms with Crippen molar-refractivity contribution in [3.63, 3.8) is 0 Å². The first-order valence-corrected chi connectivity index (χ1v) is 6.49. The lowest BCUT2D eigenvalue weighted by atomic mass is 9.92. The Morgan fingerprint density at radius 3 is 2.83 bits per heavy atom. The summed E-state index contributed by atoms with van der Waals surface area (Å²) in [6, 6.07) is 5.57. The number of anilines is 1. The van der Waals surface area contributed by atoms with Crippen molar-refractivity contribution >= 4 is 38.6 Å². The highest BCUT2D eigenvalue weighted by Gasteiger charge is 2.18. The van der Waals surface area contributed by atoms with Gasteiger partial charge in [0.15, 0.2) is 11.4 Å². The van der Waals surface area contributed by atoms with Gasteiger partial charge in [-0.2, -0.15) is 0 Å². The van der Waals surface area contributed by atoms with Gasteiger partial charge in [-0.15, -0.1) is 0 Å². The molecule has 0 bridgehead atoms. The molecule has 0 radical (unpaired) electrons. The molecule has 18 heavy (non-hydrogen) atoms. The Hall–Kier alpha value is -1.36. The van der Waals surface area contributed by atoms with Crippen LogP contribution in [0.15, 0.2) is 27.2 Å². The fourth-order valence-corrected chi connectivity index (χ4v) is 2.00. The van der Waals surface area contributed by atoms with E-state index in [2.05, 4.69) is 26.4 Å². The Morgan fingerprint density at radius 1 is 1.44 bits per heavy atom. The summed E-state index contributed by atoms with van der Waals surface area (Å²) in [5.41, 5.74) is 0.600. The van der Waals surface area contributed by atoms with E-state index in [4.69, 9.17) is 4.52 Å². The summed E-state index contributed by atoms with van der Waals surface area (Å²) in [6.07, 6.45) is 0.442. The first-order valence-electron chi connectivity index (χ1n) is 5.70. The number of carbonyl (C=O) groups is 1. The van der Waals surface area contributed by atoms with Crippen molar-refractivity contribution in [2.24, 2.45) is 5.41 Å². The molecule has 0 unspecified atom stereocenters. The number of rotatable bonds is 2. The van der Waals surface area contributed by atoms with Gasteiger partial charge in [0.25, 0.3) is 0 Å². The maximum absolute atomic E-state index is 11.8. The van der Waals surface area contributed by atoms with E-state index in [9.17, 15) is 4.79 Å². The lowest BCUT2D eigenvalue weighted by Gasteiger charge is -2.16. The topological polar surface area (TPSA) is 55.1 Å². The molecular formula is C13H15BrN2O2. The number of aromatic nitrogens is 1. The molecule has 1 aromatic heterocycles. The van der Waals surface area contributed by atoms with Crippen molar-refractivity contribution in [1.29, 1.82) is 0 Å². The summed E-state index contributed by atoms with van der Waals surface area (Å²) < 4.78 is 6.08. The fourth-order valence-electron chi connectivity index (χ4n) is 1.66. The zero-order valence-electron chi connectivity index (χ0n) is 10.6. The lowest BCUT2D eigenvalue weighted by Crippen LogP contribution is -2.19. The summed E-state index contributed by atoms with van der Waals surface area (Å²) in [4.78, 5) is 11.8. The van der Waals surface area contributed by atoms with Crippen LogP contribution in [0.2, 0.25) is 0 Å². The first kappa shape index (κ1) is 13.1. The van der Waals surface area contributed by atoms with E-state index in [1.165, 1.54) is 0 Å². The number of halogens is 1. The van der Waals surface area contributed by atoms with Crippen molar-refractivity contribution in [1.82, 2.24) is 5.16 Å². The molecule has 0 spiro atoms. The van der Waals surface area contributed by atoms with E-state index < -0.39 is 0 Å². The maximum atomic E-state index is 11.8. The molecule has 0 saturated carbocycles. The third kappa shape index (κ3) is 3.10. The van der Waals surface area contributed by atoms with Gasteiger partial charge >= 0.3 is 0 Å². The van der Waals surface area contributed by atoms with Crippen LogP contribution in [0.5, 0.6) is 0 Å². The van der Waals surface area contributed by atoms with E-state index in [0.29, 0.717) is 17.8 Å². The fraction of sp³-hybridized carbons (Fsp3) is 0.385. The Balaban J connectivity index is 2.20. The molecule has 1 amide bonds. The zero-order chi connectivity index (χ0) is 13.3. The van der Waals surface area contributed by atoms with Crippen LogP contribution in [-0.4, -0.2) is 11.1 Å². The summed E-state index contributed by atoms with van der Waals surface area (Å²) in [7, 11) is 0. The van der Waals surface area contributed by atoms with Crippen molar-refractivity contribution in [3.05, 3.63) is 22.7 Å². The van der Waals surface area contributed by atoms with Crippen LogP contribution in [0.4, 0.5) is 5.82 Å². The monoisotopic (exact) mass is 310 g/mol. The maximum Gasteiger partial charge on any atom is 0.226 e. The van der Waals surface area contributed by atoms with Gasteiger partial charge in [0.05, 0.1) is 5.39 Å². The van der Waals surface area contributed by atoms with Crippen LogP contribution in [0.25, 0.3) is 11.0 Å². The molecule has 96 valence electrons. The summed E-state index contributed by atoms with van der Waals surface area (Å²) in [5.74, 6) is 0.423. The molecular weight excluding hydrogens is 296 g/mol. The van der Waals surface area contributed by atoms with Crippen LogP contribution in [0, 0.1) is 5.41 Å². The minimum Gasteiger partial charge on any atom is -0.354 e. The van der Waals surface area contributed by atoms with Crippen molar-refractivity contribution < 1.29 is 9.32 Å². The normalized spacial score (nSPS) is 11.8. The van der Waals surface area contributed by atoms with E-state index in [1.54, 1.807) is 0 Å². The number of carbonyl (C=O) groups excluding carboxylic acids is 1. The van der Waals surface area contributed by atoms with Crippen LogP contribution in [0.3, 0.4) is 0 Å². The van der Waals surface area contributed by atoms with E-state index >= 15 is 0 Å². The molecule has 1 heterocycles. The molecule has 2 aromatic rings. The van der Waals surface area contributed by atoms with Gasteiger partial charge in [0.1, 0.15) is 0 Å². The average Bonchev–Trinajstić information content (AvgIpc) is 2.57. The minimum atomic E-state index is -0.0550. The molecule has 1 N–H and O–H groups in total. The average molecular weight is 311 g/mol. The van der Waals surface area contributed by atoms with E-state index in [0.717, 1.165) is 9.86 Å². The second-order valence-electron chi connectivity index (χ2n) is 5.46. The minimum absolute atomic E-state index is 0.0490. The highest BCUT2D eigenvalue weighted by Crippen LogP contribution is 2.26.